The molecule has 0 aliphatic carbocycles. The highest BCUT2D eigenvalue weighted by Gasteiger charge is 2.11. The molecule has 1 heterocycles. The van der Waals surface area contributed by atoms with Crippen LogP contribution in [0.3, 0.4) is 0 Å². The van der Waals surface area contributed by atoms with Gasteiger partial charge >= 0.3 is 0 Å². The number of aromatic nitrogens is 1. The average Bonchev–Trinajstić information content (AvgIpc) is 2.76. The van der Waals surface area contributed by atoms with Gasteiger partial charge in [0.05, 0.1) is 6.54 Å². The van der Waals surface area contributed by atoms with E-state index in [1.807, 2.05) is 32.0 Å². The number of aliphatic imine (C=N–C) groups is 1. The zero-order chi connectivity index (χ0) is 21.8. The van der Waals surface area contributed by atoms with Crippen LogP contribution in [0.5, 0.6) is 5.75 Å². The number of rotatable bonds is 10. The molecule has 2 N–H and O–H groups in total. The Hall–Kier alpha value is -2.43. The van der Waals surface area contributed by atoms with E-state index in [0.29, 0.717) is 32.0 Å². The second kappa shape index (κ2) is 14.6. The van der Waals surface area contributed by atoms with Gasteiger partial charge in [0, 0.05) is 38.4 Å². The molecule has 2 rings (SSSR count). The molecule has 1 aromatic heterocycles. The first kappa shape index (κ1) is 26.6. The molecule has 0 aliphatic heterocycles. The maximum atomic E-state index is 13.7. The first-order valence-electron chi connectivity index (χ1n) is 10.1. The third-order valence-corrected chi connectivity index (χ3v) is 4.29. The van der Waals surface area contributed by atoms with E-state index in [2.05, 4.69) is 20.6 Å². The standard InChI is InChI=1S/C22H30FN5O2.HI/c1-4-24-22(26-15-17(2)30-20-11-6-5-10-19(20)23)27-16-21(29)28(3)14-12-18-9-7-8-13-25-18;/h5-11,13,17H,4,12,14-16H2,1-3H3,(H2,24,26,27);1H. The minimum atomic E-state index is -0.399. The lowest BCUT2D eigenvalue weighted by Gasteiger charge is -2.19. The molecule has 1 atom stereocenters. The summed E-state index contributed by atoms with van der Waals surface area (Å²) in [5, 5.41) is 6.22. The normalized spacial score (nSPS) is 11.8. The Morgan fingerprint density at radius 3 is 2.65 bits per heavy atom. The minimum Gasteiger partial charge on any atom is -0.486 e. The number of guanidine groups is 1. The number of halogens is 2. The van der Waals surface area contributed by atoms with E-state index in [1.165, 1.54) is 6.07 Å². The van der Waals surface area contributed by atoms with Crippen LogP contribution in [-0.4, -0.2) is 61.1 Å². The molecule has 9 heteroatoms. The Kier molecular flexibility index (Phi) is 12.5. The van der Waals surface area contributed by atoms with Gasteiger partial charge in [-0.05, 0) is 38.1 Å². The van der Waals surface area contributed by atoms with E-state index >= 15 is 0 Å². The number of benzene rings is 1. The number of carbonyl (C=O) groups excluding carboxylic acids is 1. The highest BCUT2D eigenvalue weighted by Crippen LogP contribution is 2.16. The fourth-order valence-electron chi connectivity index (χ4n) is 2.60. The third kappa shape index (κ3) is 9.95. The van der Waals surface area contributed by atoms with Gasteiger partial charge in [0.25, 0.3) is 0 Å². The minimum absolute atomic E-state index is 0. The molecule has 0 spiro atoms. The van der Waals surface area contributed by atoms with Gasteiger partial charge in [-0.2, -0.15) is 0 Å². The van der Waals surface area contributed by atoms with Gasteiger partial charge in [-0.25, -0.2) is 9.38 Å². The molecule has 0 fully saturated rings. The van der Waals surface area contributed by atoms with Gasteiger partial charge in [0.2, 0.25) is 5.91 Å². The molecule has 0 bridgehead atoms. The van der Waals surface area contributed by atoms with Gasteiger partial charge < -0.3 is 20.3 Å². The molecule has 31 heavy (non-hydrogen) atoms. The lowest BCUT2D eigenvalue weighted by Crippen LogP contribution is -2.42. The van der Waals surface area contributed by atoms with E-state index in [-0.39, 0.29) is 48.3 Å². The van der Waals surface area contributed by atoms with Gasteiger partial charge in [0.1, 0.15) is 12.6 Å². The lowest BCUT2D eigenvalue weighted by molar-refractivity contribution is -0.128. The summed E-state index contributed by atoms with van der Waals surface area (Å²) in [5.41, 5.74) is 0.944. The smallest absolute Gasteiger partial charge is 0.244 e. The van der Waals surface area contributed by atoms with E-state index in [0.717, 1.165) is 5.69 Å². The number of nitrogens with one attached hydrogen (secondary N) is 2. The number of nitrogens with zero attached hydrogens (tertiary/aromatic N) is 3. The number of pyridine rings is 1. The van der Waals surface area contributed by atoms with Crippen LogP contribution in [0, 0.1) is 5.82 Å². The Labute approximate surface area is 200 Å². The average molecular weight is 543 g/mol. The largest absolute Gasteiger partial charge is 0.486 e. The number of ether oxygens (including phenoxy) is 1. The van der Waals surface area contributed by atoms with Crippen molar-refractivity contribution >= 4 is 35.8 Å². The third-order valence-electron chi connectivity index (χ3n) is 4.29. The highest BCUT2D eigenvalue weighted by molar-refractivity contribution is 14.0. The molecule has 1 amide bonds. The number of carbonyl (C=O) groups is 1. The molecule has 0 saturated heterocycles. The van der Waals surface area contributed by atoms with Crippen LogP contribution in [0.25, 0.3) is 0 Å². The van der Waals surface area contributed by atoms with Crippen LogP contribution in [0.2, 0.25) is 0 Å². The second-order valence-corrected chi connectivity index (χ2v) is 6.82. The molecule has 0 radical (unpaired) electrons. The number of amides is 1. The summed E-state index contributed by atoms with van der Waals surface area (Å²) in [6, 6.07) is 12.0. The molecular weight excluding hydrogens is 512 g/mol. The van der Waals surface area contributed by atoms with Crippen LogP contribution >= 0.6 is 24.0 Å². The molecule has 2 aromatic rings. The first-order valence-corrected chi connectivity index (χ1v) is 10.1. The number of likely N-dealkylation sites (N-methyl/N-ethyl adjacent to an activating group) is 1. The van der Waals surface area contributed by atoms with E-state index in [1.54, 1.807) is 36.3 Å². The Bertz CT molecular complexity index is 823. The zero-order valence-corrected chi connectivity index (χ0v) is 20.5. The fraction of sp³-hybridized carbons (Fsp3) is 0.409. The Morgan fingerprint density at radius 2 is 1.97 bits per heavy atom. The van der Waals surface area contributed by atoms with Gasteiger partial charge in [0.15, 0.2) is 17.5 Å². The van der Waals surface area contributed by atoms with Crippen molar-refractivity contribution in [1.82, 2.24) is 20.5 Å². The van der Waals surface area contributed by atoms with Crippen molar-refractivity contribution in [1.29, 1.82) is 0 Å². The van der Waals surface area contributed by atoms with Crippen molar-refractivity contribution in [2.75, 3.05) is 33.2 Å². The van der Waals surface area contributed by atoms with Crippen molar-refractivity contribution in [3.8, 4) is 5.75 Å². The molecule has 1 unspecified atom stereocenters. The van der Waals surface area contributed by atoms with Crippen molar-refractivity contribution in [2.24, 2.45) is 4.99 Å². The second-order valence-electron chi connectivity index (χ2n) is 6.82. The maximum Gasteiger partial charge on any atom is 0.244 e. The van der Waals surface area contributed by atoms with Crippen molar-refractivity contribution in [3.63, 3.8) is 0 Å². The van der Waals surface area contributed by atoms with Crippen molar-refractivity contribution in [3.05, 3.63) is 60.2 Å². The van der Waals surface area contributed by atoms with Crippen molar-refractivity contribution in [2.45, 2.75) is 26.4 Å². The summed E-state index contributed by atoms with van der Waals surface area (Å²) in [6.45, 7) is 5.43. The molecular formula is C22H31FIN5O2. The lowest BCUT2D eigenvalue weighted by atomic mass is 10.2. The van der Waals surface area contributed by atoms with E-state index in [9.17, 15) is 9.18 Å². The fourth-order valence-corrected chi connectivity index (χ4v) is 2.60. The first-order chi connectivity index (χ1) is 14.5. The SMILES string of the molecule is CCNC(=NCC(=O)N(C)CCc1ccccn1)NCC(C)Oc1ccccc1F.I. The highest BCUT2D eigenvalue weighted by atomic mass is 127. The van der Waals surface area contributed by atoms with Crippen molar-refractivity contribution < 1.29 is 13.9 Å². The van der Waals surface area contributed by atoms with Crippen LogP contribution in [0.15, 0.2) is 53.7 Å². The monoisotopic (exact) mass is 543 g/mol. The van der Waals surface area contributed by atoms with Crippen LogP contribution in [0.4, 0.5) is 4.39 Å². The molecule has 0 aliphatic rings. The maximum absolute atomic E-state index is 13.7. The molecule has 0 saturated carbocycles. The molecule has 1 aromatic carbocycles. The van der Waals surface area contributed by atoms with Crippen LogP contribution in [0.1, 0.15) is 19.5 Å². The Balaban J connectivity index is 0.00000480. The molecule has 170 valence electrons. The summed E-state index contributed by atoms with van der Waals surface area (Å²) in [6.07, 6.45) is 2.14. The van der Waals surface area contributed by atoms with E-state index in [4.69, 9.17) is 4.74 Å². The summed E-state index contributed by atoms with van der Waals surface area (Å²) in [4.78, 5) is 22.6. The topological polar surface area (TPSA) is 78.9 Å². The van der Waals surface area contributed by atoms with Gasteiger partial charge in [-0.1, -0.05) is 18.2 Å². The predicted octanol–water partition coefficient (Wildman–Crippen LogP) is 2.86. The molecule has 7 nitrogen and oxygen atoms in total. The van der Waals surface area contributed by atoms with Crippen LogP contribution in [-0.2, 0) is 11.2 Å². The Morgan fingerprint density at radius 1 is 1.23 bits per heavy atom. The summed E-state index contributed by atoms with van der Waals surface area (Å²) in [5.74, 6) is 0.231. The summed E-state index contributed by atoms with van der Waals surface area (Å²) >= 11 is 0. The number of hydrogen-bond donors (Lipinski definition) is 2. The predicted molar refractivity (Wildman–Crippen MR) is 131 cm³/mol. The quantitative estimate of drug-likeness (QED) is 0.274. The van der Waals surface area contributed by atoms with E-state index < -0.39 is 5.82 Å². The summed E-state index contributed by atoms with van der Waals surface area (Å²) in [7, 11) is 1.76. The van der Waals surface area contributed by atoms with Crippen LogP contribution < -0.4 is 15.4 Å². The number of hydrogen-bond acceptors (Lipinski definition) is 4. The van der Waals surface area contributed by atoms with Gasteiger partial charge in [-0.3, -0.25) is 9.78 Å². The summed E-state index contributed by atoms with van der Waals surface area (Å²) < 4.78 is 19.3. The zero-order valence-electron chi connectivity index (χ0n) is 18.2. The number of para-hydroxylation sites is 1. The van der Waals surface area contributed by atoms with Gasteiger partial charge in [-0.15, -0.1) is 24.0 Å².